The highest BCUT2D eigenvalue weighted by Gasteiger charge is 2.63. The lowest BCUT2D eigenvalue weighted by Gasteiger charge is -2.30. The summed E-state index contributed by atoms with van der Waals surface area (Å²) < 4.78 is 89.8. The Morgan fingerprint density at radius 2 is 1.52 bits per heavy atom. The van der Waals surface area contributed by atoms with Crippen molar-refractivity contribution in [2.45, 2.75) is 30.5 Å². The molecule has 3 N–H and O–H groups in total. The fourth-order valence-corrected chi connectivity index (χ4v) is 5.03. The molecule has 1 fully saturated rings. The molecule has 0 amide bonds. The van der Waals surface area contributed by atoms with E-state index in [1.54, 1.807) is 0 Å². The molecule has 16 heteroatoms. The number of alkyl halides is 3. The van der Waals surface area contributed by atoms with Crippen LogP contribution in [0.5, 0.6) is 23.0 Å². The molecular formula is C24H25F3N3O9P. The Bertz CT molecular complexity index is 1360. The molecule has 4 rings (SSSR count). The number of rotatable bonds is 11. The molecule has 2 heterocycles. The Labute approximate surface area is 225 Å². The molecule has 0 bridgehead atoms. The SMILES string of the molecule is COc1ccc(OP(=O)(OC[C@@]2(C(F)F)O[C@@H](n3ccc(N)nc3=O)[C@H](O)[C@@H]2F)Oc2ccc(OC)cc2)cc1. The molecular weight excluding hydrogens is 562 g/mol. The molecule has 0 aliphatic carbocycles. The van der Waals surface area contributed by atoms with Crippen molar-refractivity contribution in [1.29, 1.82) is 0 Å². The monoisotopic (exact) mass is 587 g/mol. The first-order valence-corrected chi connectivity index (χ1v) is 13.0. The van der Waals surface area contributed by atoms with Gasteiger partial charge in [0.05, 0.1) is 20.8 Å². The predicted octanol–water partition coefficient (Wildman–Crippen LogP) is 3.36. The summed E-state index contributed by atoms with van der Waals surface area (Å²) in [5, 5.41) is 10.4. The van der Waals surface area contributed by atoms with Crippen LogP contribution in [0, 0.1) is 0 Å². The van der Waals surface area contributed by atoms with Crippen LogP contribution in [0.4, 0.5) is 19.0 Å². The number of halogens is 3. The maximum Gasteiger partial charge on any atom is 0.587 e. The summed E-state index contributed by atoms with van der Waals surface area (Å²) in [5.74, 6) is 0.544. The Balaban J connectivity index is 1.64. The van der Waals surface area contributed by atoms with Crippen LogP contribution in [-0.2, 0) is 13.8 Å². The first-order valence-electron chi connectivity index (χ1n) is 11.5. The smallest absolute Gasteiger partial charge is 0.497 e. The van der Waals surface area contributed by atoms with Crippen LogP contribution >= 0.6 is 7.82 Å². The number of phosphoric ester groups is 1. The van der Waals surface area contributed by atoms with Gasteiger partial charge >= 0.3 is 13.5 Å². The van der Waals surface area contributed by atoms with Crippen molar-refractivity contribution in [2.75, 3.05) is 26.6 Å². The molecule has 3 aromatic rings. The number of benzene rings is 2. The van der Waals surface area contributed by atoms with Gasteiger partial charge in [0.2, 0.25) is 0 Å². The minimum atomic E-state index is -4.84. The van der Waals surface area contributed by atoms with Gasteiger partial charge in [0.25, 0.3) is 6.43 Å². The molecule has 1 aromatic heterocycles. The Hall–Kier alpha value is -3.78. The standard InChI is InChI=1S/C24H25F3N3O9P/c1-34-14-3-7-16(8-4-14)38-40(33,39-17-9-5-15(35-2)6-10-17)36-13-24(22(26)27)20(25)19(31)21(37-24)30-12-11-18(28)29-23(30)32/h3-12,19-22,31H,13H2,1-2H3,(H2,28,29,32)/t19-,20+,21-,24-/m1/s1. The van der Waals surface area contributed by atoms with E-state index < -0.39 is 50.6 Å². The second kappa shape index (κ2) is 11.8. The highest BCUT2D eigenvalue weighted by Crippen LogP contribution is 2.53. The van der Waals surface area contributed by atoms with E-state index in [9.17, 15) is 23.2 Å². The number of hydrogen-bond acceptors (Lipinski definition) is 11. The fourth-order valence-electron chi connectivity index (χ4n) is 3.77. The normalized spacial score (nSPS) is 22.7. The number of hydrogen-bond donors (Lipinski definition) is 2. The third-order valence-corrected chi connectivity index (χ3v) is 7.21. The van der Waals surface area contributed by atoms with E-state index in [0.29, 0.717) is 16.1 Å². The van der Waals surface area contributed by atoms with Gasteiger partial charge in [-0.3, -0.25) is 9.09 Å². The van der Waals surface area contributed by atoms with E-state index >= 15 is 4.39 Å². The van der Waals surface area contributed by atoms with Crippen LogP contribution in [0.25, 0.3) is 0 Å². The van der Waals surface area contributed by atoms with E-state index in [-0.39, 0.29) is 17.3 Å². The third kappa shape index (κ3) is 6.02. The molecule has 0 unspecified atom stereocenters. The van der Waals surface area contributed by atoms with Gasteiger partial charge in [0.15, 0.2) is 18.0 Å². The maximum absolute atomic E-state index is 15.3. The van der Waals surface area contributed by atoms with Gasteiger partial charge in [-0.2, -0.15) is 4.98 Å². The lowest BCUT2D eigenvalue weighted by Crippen LogP contribution is -2.50. The second-order valence-corrected chi connectivity index (χ2v) is 9.97. The van der Waals surface area contributed by atoms with Gasteiger partial charge in [-0.1, -0.05) is 0 Å². The number of aromatic nitrogens is 2. The molecule has 12 nitrogen and oxygen atoms in total. The summed E-state index contributed by atoms with van der Waals surface area (Å²) in [4.78, 5) is 15.6. The lowest BCUT2D eigenvalue weighted by atomic mass is 9.98. The topological polar surface area (TPSA) is 154 Å². The molecule has 40 heavy (non-hydrogen) atoms. The first kappa shape index (κ1) is 29.2. The lowest BCUT2D eigenvalue weighted by molar-refractivity contribution is -0.184. The number of nitrogen functional groups attached to an aromatic ring is 1. The summed E-state index contributed by atoms with van der Waals surface area (Å²) in [6, 6.07) is 12.4. The van der Waals surface area contributed by atoms with E-state index in [4.69, 9.17) is 33.5 Å². The van der Waals surface area contributed by atoms with E-state index in [2.05, 4.69) is 4.98 Å². The summed E-state index contributed by atoms with van der Waals surface area (Å²) in [7, 11) is -2.00. The number of ether oxygens (including phenoxy) is 3. The zero-order valence-corrected chi connectivity index (χ0v) is 22.0. The highest BCUT2D eigenvalue weighted by molar-refractivity contribution is 7.49. The van der Waals surface area contributed by atoms with Crippen LogP contribution in [0.15, 0.2) is 65.6 Å². The second-order valence-electron chi connectivity index (χ2n) is 8.45. The number of aliphatic hydroxyl groups excluding tert-OH is 1. The van der Waals surface area contributed by atoms with Crippen LogP contribution in [-0.4, -0.2) is 59.8 Å². The first-order chi connectivity index (χ1) is 19.0. The molecule has 0 spiro atoms. The Morgan fingerprint density at radius 1 is 1.02 bits per heavy atom. The van der Waals surface area contributed by atoms with Crippen LogP contribution in [0.1, 0.15) is 6.23 Å². The van der Waals surface area contributed by atoms with E-state index in [0.717, 1.165) is 12.3 Å². The highest BCUT2D eigenvalue weighted by atomic mass is 31.2. The molecule has 1 saturated heterocycles. The van der Waals surface area contributed by atoms with Gasteiger partial charge in [-0.15, -0.1) is 0 Å². The zero-order valence-electron chi connectivity index (χ0n) is 21.1. The van der Waals surface area contributed by atoms with Crippen molar-refractivity contribution >= 4 is 13.6 Å². The summed E-state index contributed by atoms with van der Waals surface area (Å²) >= 11 is 0. The van der Waals surface area contributed by atoms with Crippen molar-refractivity contribution in [3.8, 4) is 23.0 Å². The quantitative estimate of drug-likeness (QED) is 0.318. The fraction of sp³-hybridized carbons (Fsp3) is 0.333. The number of nitrogens with zero attached hydrogens (tertiary/aromatic N) is 2. The van der Waals surface area contributed by atoms with Gasteiger partial charge in [0.1, 0.15) is 34.9 Å². The number of anilines is 1. The predicted molar refractivity (Wildman–Crippen MR) is 133 cm³/mol. The molecule has 0 saturated carbocycles. The van der Waals surface area contributed by atoms with Crippen LogP contribution < -0.4 is 29.9 Å². The van der Waals surface area contributed by atoms with Gasteiger partial charge in [-0.25, -0.2) is 22.5 Å². The third-order valence-electron chi connectivity index (χ3n) is 5.90. The van der Waals surface area contributed by atoms with E-state index in [1.165, 1.54) is 62.8 Å². The number of methoxy groups -OCH3 is 2. The van der Waals surface area contributed by atoms with Crippen LogP contribution in [0.3, 0.4) is 0 Å². The van der Waals surface area contributed by atoms with Crippen molar-refractivity contribution in [1.82, 2.24) is 9.55 Å². The Kier molecular flexibility index (Phi) is 8.59. The Morgan fingerprint density at radius 3 is 1.98 bits per heavy atom. The average Bonchev–Trinajstić information content (AvgIpc) is 3.19. The number of nitrogens with two attached hydrogens (primary N) is 1. The minimum Gasteiger partial charge on any atom is -0.497 e. The minimum absolute atomic E-state index is 0.0645. The number of aliphatic hydroxyl groups is 1. The van der Waals surface area contributed by atoms with Crippen molar-refractivity contribution < 1.29 is 50.6 Å². The maximum atomic E-state index is 15.3. The van der Waals surface area contributed by atoms with Crippen LogP contribution in [0.2, 0.25) is 0 Å². The van der Waals surface area contributed by atoms with Gasteiger partial charge < -0.3 is 34.1 Å². The van der Waals surface area contributed by atoms with Gasteiger partial charge in [-0.05, 0) is 54.6 Å². The van der Waals surface area contributed by atoms with Crippen molar-refractivity contribution in [3.05, 3.63) is 71.3 Å². The number of phosphoric acid groups is 1. The molecule has 1 aliphatic heterocycles. The van der Waals surface area contributed by atoms with Crippen molar-refractivity contribution in [2.24, 2.45) is 0 Å². The summed E-state index contributed by atoms with van der Waals surface area (Å²) in [6.45, 7) is -1.42. The van der Waals surface area contributed by atoms with E-state index in [1.807, 2.05) is 0 Å². The zero-order chi connectivity index (χ0) is 29.1. The van der Waals surface area contributed by atoms with Crippen molar-refractivity contribution in [3.63, 3.8) is 0 Å². The molecule has 4 atom stereocenters. The molecule has 216 valence electrons. The molecule has 0 radical (unpaired) electrons. The molecule has 1 aliphatic rings. The average molecular weight is 587 g/mol. The largest absolute Gasteiger partial charge is 0.587 e. The summed E-state index contributed by atoms with van der Waals surface area (Å²) in [5.41, 5.74) is 1.16. The molecule has 2 aromatic carbocycles. The van der Waals surface area contributed by atoms with Gasteiger partial charge in [0, 0.05) is 6.20 Å². The summed E-state index contributed by atoms with van der Waals surface area (Å²) in [6.07, 6.45) is -9.63.